The minimum absolute atomic E-state index is 0.245. The molecule has 2 rings (SSSR count). The summed E-state index contributed by atoms with van der Waals surface area (Å²) >= 11 is 0. The Kier molecular flexibility index (Phi) is 68.6. The number of aliphatic hydroxyl groups excluding tert-OH is 8. The third-order valence-corrected chi connectivity index (χ3v) is 21.7. The number of unbranched alkanes of at least 4 members (excludes halogenated alkanes) is 57. The summed E-state index contributed by atoms with van der Waals surface area (Å²) in [7, 11) is 0. The summed E-state index contributed by atoms with van der Waals surface area (Å²) in [5.74, 6) is -0.245. The topological polar surface area (TPSA) is 228 Å². The van der Waals surface area contributed by atoms with E-state index in [1.165, 1.54) is 340 Å². The normalized spacial score (nSPS) is 21.7. The number of amides is 1. The van der Waals surface area contributed by atoms with Crippen LogP contribution in [0, 0.1) is 0 Å². The Hall–Kier alpha value is -2.05. The van der Waals surface area contributed by atoms with Crippen molar-refractivity contribution in [2.24, 2.45) is 0 Å². The number of rotatable bonds is 76. The molecule has 0 bridgehead atoms. The first-order valence-electron chi connectivity index (χ1n) is 44.4. The number of allylic oxidation sites excluding steroid dienone is 7. The van der Waals surface area contributed by atoms with Gasteiger partial charge in [0, 0.05) is 6.42 Å². The molecule has 0 aliphatic carbocycles. The number of hydrogen-bond donors (Lipinski definition) is 9. The summed E-state index contributed by atoms with van der Waals surface area (Å²) < 4.78 is 22.9. The van der Waals surface area contributed by atoms with Gasteiger partial charge in [0.25, 0.3) is 0 Å². The molecule has 12 atom stereocenters. The SMILES string of the molecule is CCCCCCCCCC/C=C\CCCCCCCCCCCCCCCCCCCCCCCCCCCCCCCC(=O)NC(COC1OC(CO)C(OC2OC(CO)C(O)C(O)C2O)C(O)C1O)C(O)/C=C/CC/C=C/CC/C=C/CCCCCCCCCCCCCCCCCCCC. The van der Waals surface area contributed by atoms with Crippen molar-refractivity contribution in [3.8, 4) is 0 Å². The third-order valence-electron chi connectivity index (χ3n) is 21.7. The van der Waals surface area contributed by atoms with Gasteiger partial charge in [0.05, 0.1) is 32.0 Å². The zero-order chi connectivity index (χ0) is 74.4. The van der Waals surface area contributed by atoms with Crippen LogP contribution in [0.15, 0.2) is 48.6 Å². The number of nitrogens with one attached hydrogen (secondary N) is 1. The number of ether oxygens (including phenoxy) is 4. The molecule has 2 aliphatic heterocycles. The van der Waals surface area contributed by atoms with Gasteiger partial charge in [-0.1, -0.05) is 390 Å². The Labute approximate surface area is 633 Å². The van der Waals surface area contributed by atoms with Gasteiger partial charge in [0.15, 0.2) is 12.6 Å². The van der Waals surface area contributed by atoms with Crippen LogP contribution in [0.4, 0.5) is 0 Å². The van der Waals surface area contributed by atoms with Gasteiger partial charge in [-0.05, 0) is 70.6 Å². The van der Waals surface area contributed by atoms with E-state index < -0.39 is 86.8 Å². The number of hydrogen-bond acceptors (Lipinski definition) is 13. The van der Waals surface area contributed by atoms with Gasteiger partial charge in [0.1, 0.15) is 48.8 Å². The van der Waals surface area contributed by atoms with Crippen molar-refractivity contribution in [1.29, 1.82) is 0 Å². The molecule has 0 aromatic rings. The van der Waals surface area contributed by atoms with Crippen molar-refractivity contribution in [3.63, 3.8) is 0 Å². The lowest BCUT2D eigenvalue weighted by Gasteiger charge is -2.46. The highest BCUT2D eigenvalue weighted by molar-refractivity contribution is 5.76. The molecule has 103 heavy (non-hydrogen) atoms. The molecule has 1 amide bonds. The maximum Gasteiger partial charge on any atom is 0.220 e. The van der Waals surface area contributed by atoms with E-state index >= 15 is 0 Å². The summed E-state index contributed by atoms with van der Waals surface area (Å²) in [6.07, 6.45) is 82.4. The molecule has 0 aromatic carbocycles. The zero-order valence-corrected chi connectivity index (χ0v) is 66.8. The van der Waals surface area contributed by atoms with Crippen LogP contribution in [0.25, 0.3) is 0 Å². The van der Waals surface area contributed by atoms with E-state index in [1.54, 1.807) is 6.08 Å². The van der Waals surface area contributed by atoms with Gasteiger partial charge in [-0.25, -0.2) is 0 Å². The van der Waals surface area contributed by atoms with E-state index in [1.807, 2.05) is 6.08 Å². The second-order valence-corrected chi connectivity index (χ2v) is 31.4. The Morgan fingerprint density at radius 2 is 0.621 bits per heavy atom. The van der Waals surface area contributed by atoms with E-state index in [-0.39, 0.29) is 18.9 Å². The Bertz CT molecular complexity index is 1920. The van der Waals surface area contributed by atoms with Crippen LogP contribution >= 0.6 is 0 Å². The molecule has 2 fully saturated rings. The lowest BCUT2D eigenvalue weighted by atomic mass is 9.97. The lowest BCUT2D eigenvalue weighted by Crippen LogP contribution is -2.65. The Balaban J connectivity index is 1.56. The predicted molar refractivity (Wildman–Crippen MR) is 429 cm³/mol. The van der Waals surface area contributed by atoms with Crippen LogP contribution in [0.2, 0.25) is 0 Å². The van der Waals surface area contributed by atoms with Gasteiger partial charge in [-0.15, -0.1) is 0 Å². The van der Waals surface area contributed by atoms with Gasteiger partial charge < -0.3 is 65.1 Å². The summed E-state index contributed by atoms with van der Waals surface area (Å²) in [4.78, 5) is 13.4. The summed E-state index contributed by atoms with van der Waals surface area (Å²) in [5, 5.41) is 87.8. The first kappa shape index (κ1) is 97.0. The predicted octanol–water partition coefficient (Wildman–Crippen LogP) is 21.3. The highest BCUT2D eigenvalue weighted by Gasteiger charge is 2.51. The monoisotopic (exact) mass is 1460 g/mol. The minimum Gasteiger partial charge on any atom is -0.394 e. The van der Waals surface area contributed by atoms with E-state index in [0.717, 1.165) is 44.9 Å². The van der Waals surface area contributed by atoms with E-state index in [4.69, 9.17) is 18.9 Å². The molecular weight excluding hydrogens is 1290 g/mol. The summed E-state index contributed by atoms with van der Waals surface area (Å²) in [6.45, 7) is 2.84. The molecule has 2 aliphatic rings. The summed E-state index contributed by atoms with van der Waals surface area (Å²) in [6, 6.07) is -0.940. The minimum atomic E-state index is -1.79. The maximum atomic E-state index is 13.4. The highest BCUT2D eigenvalue weighted by Crippen LogP contribution is 2.31. The quantitative estimate of drug-likeness (QED) is 0.0204. The van der Waals surface area contributed by atoms with Crippen LogP contribution < -0.4 is 5.32 Å². The van der Waals surface area contributed by atoms with Crippen LogP contribution in [0.5, 0.6) is 0 Å². The molecule has 0 radical (unpaired) electrons. The van der Waals surface area contributed by atoms with E-state index in [2.05, 4.69) is 55.6 Å². The standard InChI is InChI=1S/C89H167NO13/c1-3-5-7-9-11-13-15-17-19-21-23-25-27-29-31-33-34-35-36-37-38-39-40-41-42-43-44-45-47-49-51-53-55-57-59-61-63-65-67-69-71-73-81(94)90-77(76-100-88-86(99)84(97)87(80(75-92)102-88)103-89-85(98)83(96)82(95)79(74-91)101-89)78(93)72-70-68-66-64-62-60-58-56-54-52-50-48-46-32-30-28-26-24-22-20-18-16-14-12-10-8-6-4-2/h21,23,54,56,62,64,70,72,77-80,82-89,91-93,95-99H,3-20,22,24-53,55,57-61,63,65-69,71,73-76H2,1-2H3,(H,90,94)/b23-21-,56-54+,64-62+,72-70+. The van der Waals surface area contributed by atoms with Crippen molar-refractivity contribution in [1.82, 2.24) is 5.32 Å². The van der Waals surface area contributed by atoms with Crippen molar-refractivity contribution >= 4 is 5.91 Å². The molecule has 606 valence electrons. The fourth-order valence-corrected chi connectivity index (χ4v) is 14.7. The molecule has 14 heteroatoms. The van der Waals surface area contributed by atoms with Crippen LogP contribution in [-0.2, 0) is 23.7 Å². The second kappa shape index (κ2) is 72.8. The first-order chi connectivity index (χ1) is 50.6. The maximum absolute atomic E-state index is 13.4. The van der Waals surface area contributed by atoms with Crippen LogP contribution in [0.3, 0.4) is 0 Å². The van der Waals surface area contributed by atoms with Crippen LogP contribution in [0.1, 0.15) is 418 Å². The molecule has 0 spiro atoms. The van der Waals surface area contributed by atoms with E-state index in [0.29, 0.717) is 12.8 Å². The molecule has 0 saturated carbocycles. The van der Waals surface area contributed by atoms with E-state index in [9.17, 15) is 45.6 Å². The number of carbonyl (C=O) groups is 1. The van der Waals surface area contributed by atoms with Gasteiger partial charge in [-0.2, -0.15) is 0 Å². The lowest BCUT2D eigenvalue weighted by molar-refractivity contribution is -0.359. The first-order valence-corrected chi connectivity index (χ1v) is 44.4. The Morgan fingerprint density at radius 3 is 0.951 bits per heavy atom. The largest absolute Gasteiger partial charge is 0.394 e. The molecule has 14 nitrogen and oxygen atoms in total. The van der Waals surface area contributed by atoms with Crippen molar-refractivity contribution in [2.75, 3.05) is 19.8 Å². The molecular formula is C89H167NO13. The highest BCUT2D eigenvalue weighted by atomic mass is 16.7. The van der Waals surface area contributed by atoms with Crippen molar-refractivity contribution in [2.45, 2.75) is 492 Å². The van der Waals surface area contributed by atoms with Crippen LogP contribution in [-0.4, -0.2) is 140 Å². The second-order valence-electron chi connectivity index (χ2n) is 31.4. The van der Waals surface area contributed by atoms with Gasteiger partial charge in [0.2, 0.25) is 5.91 Å². The molecule has 9 N–H and O–H groups in total. The fourth-order valence-electron chi connectivity index (χ4n) is 14.7. The number of aliphatic hydroxyl groups is 8. The Morgan fingerprint density at radius 1 is 0.340 bits per heavy atom. The average Bonchev–Trinajstić information content (AvgIpc) is 0.791. The van der Waals surface area contributed by atoms with Gasteiger partial charge in [-0.3, -0.25) is 4.79 Å². The molecule has 2 heterocycles. The molecule has 0 aromatic heterocycles. The average molecular weight is 1460 g/mol. The van der Waals surface area contributed by atoms with Gasteiger partial charge >= 0.3 is 0 Å². The van der Waals surface area contributed by atoms with Crippen molar-refractivity contribution in [3.05, 3.63) is 48.6 Å². The fraction of sp³-hybridized carbons (Fsp3) is 0.899. The summed E-state index contributed by atoms with van der Waals surface area (Å²) in [5.41, 5.74) is 0. The van der Waals surface area contributed by atoms with Crippen molar-refractivity contribution < 1.29 is 64.6 Å². The zero-order valence-electron chi connectivity index (χ0n) is 66.8. The smallest absolute Gasteiger partial charge is 0.220 e. The molecule has 2 saturated heterocycles. The number of carbonyl (C=O) groups excluding carboxylic acids is 1. The molecule has 12 unspecified atom stereocenters. The third kappa shape index (κ3) is 55.1.